The Labute approximate surface area is 148 Å². The summed E-state index contributed by atoms with van der Waals surface area (Å²) >= 11 is 3.31. The van der Waals surface area contributed by atoms with Crippen LogP contribution in [0, 0.1) is 0 Å². The van der Waals surface area contributed by atoms with Crippen LogP contribution in [0.25, 0.3) is 0 Å². The number of halogens is 1. The van der Waals surface area contributed by atoms with Gasteiger partial charge in [0.1, 0.15) is 5.82 Å². The standard InChI is InChI=1S/C15H15BrN4O3S/c1-2-20(13-6-5-11(16)10-17-13)15(21)12-4-3-7-19-8-9-24(22,23)18-14(12)19/h3-7,10H,2,8-9H2,1H3. The van der Waals surface area contributed by atoms with Crippen LogP contribution in [0.1, 0.15) is 6.92 Å². The Hall–Kier alpha value is -2.00. The molecule has 3 rings (SSSR count). The van der Waals surface area contributed by atoms with Crippen molar-refractivity contribution in [1.82, 2.24) is 9.88 Å². The Balaban J connectivity index is 1.98. The first-order valence-corrected chi connectivity index (χ1v) is 9.73. The topological polar surface area (TPSA) is 82.9 Å². The van der Waals surface area contributed by atoms with Crippen molar-refractivity contribution in [3.05, 3.63) is 46.7 Å². The average molecular weight is 411 g/mol. The van der Waals surface area contributed by atoms with Crippen molar-refractivity contribution in [2.75, 3.05) is 23.7 Å². The molecule has 0 bridgehead atoms. The van der Waals surface area contributed by atoms with Crippen molar-refractivity contribution in [2.24, 2.45) is 4.40 Å². The number of sulfonamides is 1. The van der Waals surface area contributed by atoms with Gasteiger partial charge in [0.15, 0.2) is 5.84 Å². The number of likely N-dealkylation sites (N-methyl/N-ethyl adjacent to an activating group) is 1. The van der Waals surface area contributed by atoms with E-state index in [-0.39, 0.29) is 29.6 Å². The minimum atomic E-state index is -3.54. The Morgan fingerprint density at radius 3 is 2.88 bits per heavy atom. The number of allylic oxidation sites excluding steroid dienone is 2. The van der Waals surface area contributed by atoms with Gasteiger partial charge in [-0.3, -0.25) is 9.69 Å². The largest absolute Gasteiger partial charge is 0.331 e. The summed E-state index contributed by atoms with van der Waals surface area (Å²) in [6, 6.07) is 3.52. The fraction of sp³-hybridized carbons (Fsp3) is 0.267. The van der Waals surface area contributed by atoms with E-state index in [0.717, 1.165) is 4.47 Å². The summed E-state index contributed by atoms with van der Waals surface area (Å²) in [5.74, 6) is 0.266. The third kappa shape index (κ3) is 3.27. The highest BCUT2D eigenvalue weighted by molar-refractivity contribution is 9.10. The van der Waals surface area contributed by atoms with E-state index in [2.05, 4.69) is 25.3 Å². The molecule has 0 aromatic carbocycles. The highest BCUT2D eigenvalue weighted by atomic mass is 79.9. The molecule has 1 aromatic heterocycles. The van der Waals surface area contributed by atoms with Gasteiger partial charge in [-0.25, -0.2) is 13.4 Å². The van der Waals surface area contributed by atoms with Gasteiger partial charge in [0.2, 0.25) is 0 Å². The first kappa shape index (κ1) is 16.8. The number of nitrogens with zero attached hydrogens (tertiary/aromatic N) is 4. The number of hydrogen-bond donors (Lipinski definition) is 0. The molecule has 1 amide bonds. The molecular weight excluding hydrogens is 396 g/mol. The molecule has 0 N–H and O–H groups in total. The molecule has 3 heterocycles. The molecule has 0 unspecified atom stereocenters. The predicted octanol–water partition coefficient (Wildman–Crippen LogP) is 1.69. The van der Waals surface area contributed by atoms with Gasteiger partial charge < -0.3 is 4.90 Å². The Morgan fingerprint density at radius 1 is 1.42 bits per heavy atom. The second-order valence-electron chi connectivity index (χ2n) is 5.20. The van der Waals surface area contributed by atoms with Gasteiger partial charge in [0.05, 0.1) is 11.3 Å². The number of carbonyl (C=O) groups excluding carboxylic acids is 1. The summed E-state index contributed by atoms with van der Waals surface area (Å²) in [5, 5.41) is 0. The van der Waals surface area contributed by atoms with Gasteiger partial charge in [-0.2, -0.15) is 0 Å². The smallest absolute Gasteiger partial charge is 0.263 e. The van der Waals surface area contributed by atoms with Gasteiger partial charge in [0, 0.05) is 30.0 Å². The summed E-state index contributed by atoms with van der Waals surface area (Å²) in [6.07, 6.45) is 6.63. The molecule has 0 saturated carbocycles. The molecule has 7 nitrogen and oxygen atoms in total. The number of anilines is 1. The van der Waals surface area contributed by atoms with Crippen molar-refractivity contribution in [3.63, 3.8) is 0 Å². The van der Waals surface area contributed by atoms with Crippen LogP contribution in [-0.2, 0) is 14.8 Å². The zero-order valence-electron chi connectivity index (χ0n) is 12.9. The van der Waals surface area contributed by atoms with Gasteiger partial charge in [-0.1, -0.05) is 0 Å². The molecule has 1 aromatic rings. The summed E-state index contributed by atoms with van der Waals surface area (Å²) in [6.45, 7) is 2.51. The summed E-state index contributed by atoms with van der Waals surface area (Å²) < 4.78 is 28.2. The predicted molar refractivity (Wildman–Crippen MR) is 95.1 cm³/mol. The summed E-state index contributed by atoms with van der Waals surface area (Å²) in [4.78, 5) is 20.4. The molecule has 0 atom stereocenters. The molecular formula is C15H15BrN4O3S. The van der Waals surface area contributed by atoms with Crippen LogP contribution in [0.3, 0.4) is 0 Å². The number of hydrogen-bond acceptors (Lipinski definition) is 5. The van der Waals surface area contributed by atoms with Crippen LogP contribution in [0.5, 0.6) is 0 Å². The minimum Gasteiger partial charge on any atom is -0.331 e. The molecule has 0 aliphatic carbocycles. The van der Waals surface area contributed by atoms with Crippen molar-refractivity contribution in [2.45, 2.75) is 6.92 Å². The lowest BCUT2D eigenvalue weighted by Gasteiger charge is -2.30. The molecule has 126 valence electrons. The number of carbonyl (C=O) groups is 1. The van der Waals surface area contributed by atoms with Crippen molar-refractivity contribution in [3.8, 4) is 0 Å². The lowest BCUT2D eigenvalue weighted by molar-refractivity contribution is -0.114. The fourth-order valence-corrected chi connectivity index (χ4v) is 3.69. The van der Waals surface area contributed by atoms with Crippen molar-refractivity contribution < 1.29 is 13.2 Å². The lowest BCUT2D eigenvalue weighted by atomic mass is 10.1. The average Bonchev–Trinajstić information content (AvgIpc) is 2.55. The zero-order chi connectivity index (χ0) is 17.3. The van der Waals surface area contributed by atoms with Crippen LogP contribution in [0.4, 0.5) is 5.82 Å². The normalized spacial score (nSPS) is 18.5. The van der Waals surface area contributed by atoms with Crippen LogP contribution < -0.4 is 4.90 Å². The zero-order valence-corrected chi connectivity index (χ0v) is 15.3. The maximum absolute atomic E-state index is 13.0. The molecule has 0 fully saturated rings. The van der Waals surface area contributed by atoms with E-state index in [1.807, 2.05) is 6.92 Å². The monoisotopic (exact) mass is 410 g/mol. The van der Waals surface area contributed by atoms with Crippen molar-refractivity contribution >= 4 is 43.5 Å². The summed E-state index contributed by atoms with van der Waals surface area (Å²) in [5.41, 5.74) is 0.243. The molecule has 24 heavy (non-hydrogen) atoms. The highest BCUT2D eigenvalue weighted by Gasteiger charge is 2.32. The first-order valence-electron chi connectivity index (χ1n) is 7.33. The van der Waals surface area contributed by atoms with Crippen LogP contribution in [-0.4, -0.2) is 48.9 Å². The Morgan fingerprint density at radius 2 is 2.21 bits per heavy atom. The number of aromatic nitrogens is 1. The Bertz CT molecular complexity index is 859. The Kier molecular flexibility index (Phi) is 4.55. The number of amides is 1. The molecule has 2 aliphatic rings. The second kappa shape index (κ2) is 6.48. The van der Waals surface area contributed by atoms with Crippen LogP contribution in [0.2, 0.25) is 0 Å². The van der Waals surface area contributed by atoms with Crippen LogP contribution in [0.15, 0.2) is 51.1 Å². The third-order valence-electron chi connectivity index (χ3n) is 3.64. The molecule has 0 spiro atoms. The maximum Gasteiger partial charge on any atom is 0.263 e. The third-order valence-corrected chi connectivity index (χ3v) is 5.26. The van der Waals surface area contributed by atoms with E-state index in [1.165, 1.54) is 4.90 Å². The number of pyridine rings is 1. The number of rotatable bonds is 3. The first-order chi connectivity index (χ1) is 11.4. The van der Waals surface area contributed by atoms with Gasteiger partial charge in [-0.05, 0) is 47.1 Å². The number of amidine groups is 1. The van der Waals surface area contributed by atoms with Crippen LogP contribution >= 0.6 is 15.9 Å². The number of fused-ring (bicyclic) bond motifs is 1. The van der Waals surface area contributed by atoms with Crippen molar-refractivity contribution in [1.29, 1.82) is 0 Å². The second-order valence-corrected chi connectivity index (χ2v) is 7.87. The quantitative estimate of drug-likeness (QED) is 0.756. The maximum atomic E-state index is 13.0. The van der Waals surface area contributed by atoms with Gasteiger partial charge >= 0.3 is 0 Å². The van der Waals surface area contributed by atoms with E-state index in [4.69, 9.17) is 0 Å². The van der Waals surface area contributed by atoms with E-state index >= 15 is 0 Å². The van der Waals surface area contributed by atoms with Gasteiger partial charge in [0.25, 0.3) is 15.9 Å². The van der Waals surface area contributed by atoms with E-state index in [9.17, 15) is 13.2 Å². The SMILES string of the molecule is CCN(C(=O)C1=CC=CN2CCS(=O)(=O)N=C12)c1ccc(Br)cn1. The van der Waals surface area contributed by atoms with E-state index in [0.29, 0.717) is 12.4 Å². The molecule has 9 heteroatoms. The fourth-order valence-electron chi connectivity index (χ4n) is 2.47. The molecule has 0 saturated heterocycles. The van der Waals surface area contributed by atoms with E-state index < -0.39 is 10.0 Å². The van der Waals surface area contributed by atoms with E-state index in [1.54, 1.807) is 41.6 Å². The minimum absolute atomic E-state index is 0.0614. The molecule has 2 aliphatic heterocycles. The lowest BCUT2D eigenvalue weighted by Crippen LogP contribution is -2.43. The highest BCUT2D eigenvalue weighted by Crippen LogP contribution is 2.22. The molecule has 0 radical (unpaired) electrons. The summed E-state index contributed by atoms with van der Waals surface area (Å²) in [7, 11) is -3.54. The van der Waals surface area contributed by atoms with Gasteiger partial charge in [-0.15, -0.1) is 4.40 Å².